The van der Waals surface area contributed by atoms with Gasteiger partial charge in [0.1, 0.15) is 5.82 Å². The number of benzene rings is 1. The molecule has 218 valence electrons. The van der Waals surface area contributed by atoms with Gasteiger partial charge in [0.05, 0.1) is 6.04 Å². The second-order valence-electron chi connectivity index (χ2n) is 12.8. The largest absolute Gasteiger partial charge is 0.384 e. The summed E-state index contributed by atoms with van der Waals surface area (Å²) in [7, 11) is 0. The highest BCUT2D eigenvalue weighted by Crippen LogP contribution is 2.33. The minimum Gasteiger partial charge on any atom is -0.384 e. The van der Waals surface area contributed by atoms with Gasteiger partial charge in [0.15, 0.2) is 11.6 Å². The molecule has 4 nitrogen and oxygen atoms in total. The summed E-state index contributed by atoms with van der Waals surface area (Å²) in [6.45, 7) is 25.3. The number of allylic oxidation sites excluding steroid dienone is 2. The van der Waals surface area contributed by atoms with Gasteiger partial charge >= 0.3 is 0 Å². The van der Waals surface area contributed by atoms with Crippen molar-refractivity contribution in [2.75, 3.05) is 10.6 Å². The SMILES string of the molecule is C=Cc1cc(Nc2nc(NC(C3CCCCC3)C(C)NC(=C)CC(C)(C)C)c(F)cc2C(=C)C)ccc1CCC. The quantitative estimate of drug-likeness (QED) is 0.234. The smallest absolute Gasteiger partial charge is 0.166 e. The van der Waals surface area contributed by atoms with Crippen LogP contribution in [0.3, 0.4) is 0 Å². The molecule has 0 bridgehead atoms. The lowest BCUT2D eigenvalue weighted by atomic mass is 9.81. The summed E-state index contributed by atoms with van der Waals surface area (Å²) in [6, 6.07) is 7.89. The normalized spacial score (nSPS) is 15.7. The molecule has 0 spiro atoms. The number of hydrogen-bond donors (Lipinski definition) is 3. The third-order valence-electron chi connectivity index (χ3n) is 7.76. The minimum atomic E-state index is -0.366. The van der Waals surface area contributed by atoms with Crippen molar-refractivity contribution >= 4 is 29.0 Å². The molecule has 5 heteroatoms. The average Bonchev–Trinajstić information content (AvgIpc) is 2.88. The van der Waals surface area contributed by atoms with E-state index in [0.29, 0.717) is 17.3 Å². The summed E-state index contributed by atoms with van der Waals surface area (Å²) in [5, 5.41) is 10.6. The van der Waals surface area contributed by atoms with Crippen molar-refractivity contribution in [1.29, 1.82) is 0 Å². The topological polar surface area (TPSA) is 49.0 Å². The summed E-state index contributed by atoms with van der Waals surface area (Å²) in [6.07, 6.45) is 10.8. The van der Waals surface area contributed by atoms with E-state index in [1.54, 1.807) is 6.07 Å². The number of anilines is 3. The fourth-order valence-electron chi connectivity index (χ4n) is 5.91. The standard InChI is InChI=1S/C35H51FN4/c1-10-15-27-18-19-29(20-26(27)11-2)38-33-30(23(3)4)21-31(36)34(40-33)39-32(28-16-13-12-14-17-28)25(6)37-24(5)22-35(7,8)9/h11,18-21,25,28,32,37H,2-3,5,10,12-17,22H2,1,4,6-9H3,(H2,38,39,40). The van der Waals surface area contributed by atoms with Crippen molar-refractivity contribution in [3.05, 3.63) is 72.2 Å². The zero-order valence-electron chi connectivity index (χ0n) is 25.7. The van der Waals surface area contributed by atoms with Crippen molar-refractivity contribution < 1.29 is 4.39 Å². The second-order valence-corrected chi connectivity index (χ2v) is 12.8. The van der Waals surface area contributed by atoms with Gasteiger partial charge in [-0.15, -0.1) is 0 Å². The Morgan fingerprint density at radius 1 is 1.12 bits per heavy atom. The Hall–Kier alpha value is -3.08. The summed E-state index contributed by atoms with van der Waals surface area (Å²) < 4.78 is 15.6. The summed E-state index contributed by atoms with van der Waals surface area (Å²) in [5.41, 5.74) is 5.83. The van der Waals surface area contributed by atoms with Crippen LogP contribution >= 0.6 is 0 Å². The zero-order valence-corrected chi connectivity index (χ0v) is 25.7. The molecule has 3 N–H and O–H groups in total. The Labute approximate surface area is 242 Å². The molecule has 0 radical (unpaired) electrons. The van der Waals surface area contributed by atoms with Crippen LogP contribution in [0.2, 0.25) is 0 Å². The monoisotopic (exact) mass is 546 g/mol. The van der Waals surface area contributed by atoms with Crippen LogP contribution in [-0.4, -0.2) is 17.1 Å². The molecule has 1 fully saturated rings. The average molecular weight is 547 g/mol. The van der Waals surface area contributed by atoms with Crippen molar-refractivity contribution in [1.82, 2.24) is 10.3 Å². The molecule has 2 atom stereocenters. The number of halogens is 1. The predicted octanol–water partition coefficient (Wildman–Crippen LogP) is 9.88. The first-order chi connectivity index (χ1) is 18.9. The molecular weight excluding hydrogens is 495 g/mol. The van der Waals surface area contributed by atoms with Gasteiger partial charge in [-0.3, -0.25) is 0 Å². The maximum atomic E-state index is 15.6. The number of aromatic nitrogens is 1. The molecular formula is C35H51FN4. The third-order valence-corrected chi connectivity index (χ3v) is 7.76. The van der Waals surface area contributed by atoms with E-state index in [-0.39, 0.29) is 29.1 Å². The van der Waals surface area contributed by atoms with E-state index >= 15 is 4.39 Å². The predicted molar refractivity (Wildman–Crippen MR) is 173 cm³/mol. The molecule has 1 aromatic carbocycles. The zero-order chi connectivity index (χ0) is 29.4. The molecule has 2 aromatic rings. The lowest BCUT2D eigenvalue weighted by molar-refractivity contribution is 0.280. The first kappa shape index (κ1) is 31.4. The molecule has 1 aliphatic rings. The number of nitrogens with zero attached hydrogens (tertiary/aromatic N) is 1. The van der Waals surface area contributed by atoms with Gasteiger partial charge in [0.25, 0.3) is 0 Å². The first-order valence-corrected chi connectivity index (χ1v) is 15.0. The van der Waals surface area contributed by atoms with Gasteiger partial charge in [0.2, 0.25) is 0 Å². The number of aryl methyl sites for hydroxylation is 1. The highest BCUT2D eigenvalue weighted by Gasteiger charge is 2.30. The van der Waals surface area contributed by atoms with Crippen LogP contribution in [0.1, 0.15) is 103 Å². The minimum absolute atomic E-state index is 0.0169. The molecule has 1 aromatic heterocycles. The van der Waals surface area contributed by atoms with Crippen molar-refractivity contribution in [2.24, 2.45) is 11.3 Å². The molecule has 1 aliphatic carbocycles. The molecule has 40 heavy (non-hydrogen) atoms. The molecule has 1 saturated carbocycles. The van der Waals surface area contributed by atoms with Crippen molar-refractivity contribution in [2.45, 2.75) is 105 Å². The lowest BCUT2D eigenvalue weighted by Crippen LogP contribution is -2.47. The number of pyridine rings is 1. The summed E-state index contributed by atoms with van der Waals surface area (Å²) in [4.78, 5) is 4.82. The van der Waals surface area contributed by atoms with Crippen molar-refractivity contribution in [3.8, 4) is 0 Å². The molecule has 2 unspecified atom stereocenters. The number of nitrogens with one attached hydrogen (secondary N) is 3. The van der Waals surface area contributed by atoms with E-state index in [0.717, 1.165) is 54.6 Å². The Bertz CT molecular complexity index is 1190. The maximum Gasteiger partial charge on any atom is 0.166 e. The van der Waals surface area contributed by atoms with Crippen molar-refractivity contribution in [3.63, 3.8) is 0 Å². The Balaban J connectivity index is 1.94. The van der Waals surface area contributed by atoms with E-state index in [1.165, 1.54) is 24.8 Å². The van der Waals surface area contributed by atoms with E-state index in [9.17, 15) is 0 Å². The van der Waals surface area contributed by atoms with Crippen LogP contribution in [0.4, 0.5) is 21.7 Å². The number of rotatable bonds is 13. The highest BCUT2D eigenvalue weighted by atomic mass is 19.1. The van der Waals surface area contributed by atoms with E-state index in [2.05, 4.69) is 88.5 Å². The highest BCUT2D eigenvalue weighted by molar-refractivity contribution is 5.77. The van der Waals surface area contributed by atoms with Gasteiger partial charge in [-0.25, -0.2) is 9.37 Å². The molecule has 0 amide bonds. The van der Waals surface area contributed by atoms with Crippen LogP contribution in [0, 0.1) is 17.2 Å². The van der Waals surface area contributed by atoms with Crippen LogP contribution in [-0.2, 0) is 6.42 Å². The van der Waals surface area contributed by atoms with Crippen LogP contribution in [0.25, 0.3) is 11.6 Å². The Morgan fingerprint density at radius 3 is 2.42 bits per heavy atom. The van der Waals surface area contributed by atoms with E-state index in [4.69, 9.17) is 4.98 Å². The van der Waals surface area contributed by atoms with E-state index in [1.807, 2.05) is 13.0 Å². The summed E-state index contributed by atoms with van der Waals surface area (Å²) >= 11 is 0. The van der Waals surface area contributed by atoms with Gasteiger partial charge in [-0.05, 0) is 85.8 Å². The third kappa shape index (κ3) is 8.71. The van der Waals surface area contributed by atoms with Crippen LogP contribution in [0.5, 0.6) is 0 Å². The van der Waals surface area contributed by atoms with Crippen LogP contribution in [0.15, 0.2) is 49.7 Å². The van der Waals surface area contributed by atoms with Crippen LogP contribution < -0.4 is 16.0 Å². The molecule has 3 rings (SSSR count). The molecule has 0 saturated heterocycles. The fourth-order valence-corrected chi connectivity index (χ4v) is 5.91. The Morgan fingerprint density at radius 2 is 1.82 bits per heavy atom. The molecule has 1 heterocycles. The van der Waals surface area contributed by atoms with Gasteiger partial charge < -0.3 is 16.0 Å². The van der Waals surface area contributed by atoms with Gasteiger partial charge in [0, 0.05) is 23.0 Å². The number of hydrogen-bond acceptors (Lipinski definition) is 4. The van der Waals surface area contributed by atoms with E-state index < -0.39 is 0 Å². The van der Waals surface area contributed by atoms with Gasteiger partial charge in [-0.2, -0.15) is 0 Å². The fraction of sp³-hybridized carbons (Fsp3) is 0.514. The first-order valence-electron chi connectivity index (χ1n) is 15.0. The van der Waals surface area contributed by atoms with Gasteiger partial charge in [-0.1, -0.05) is 85.3 Å². The summed E-state index contributed by atoms with van der Waals surface area (Å²) in [5.74, 6) is 0.924. The molecule has 0 aliphatic heterocycles. The lowest BCUT2D eigenvalue weighted by Gasteiger charge is -2.37. The second kappa shape index (κ2) is 14.0. The Kier molecular flexibility index (Phi) is 11.0. The maximum absolute atomic E-state index is 15.6.